The lowest BCUT2D eigenvalue weighted by molar-refractivity contribution is 0.394. The zero-order valence-corrected chi connectivity index (χ0v) is 15.1. The molecule has 1 aromatic carbocycles. The minimum atomic E-state index is -4.36. The minimum absolute atomic E-state index is 0.0103. The van der Waals surface area contributed by atoms with E-state index >= 15 is 0 Å². The van der Waals surface area contributed by atoms with Gasteiger partial charge in [-0.25, -0.2) is 21.6 Å². The van der Waals surface area contributed by atoms with Gasteiger partial charge in [0.05, 0.1) is 0 Å². The van der Waals surface area contributed by atoms with E-state index in [0.717, 1.165) is 20.1 Å². The van der Waals surface area contributed by atoms with Crippen LogP contribution in [0.3, 0.4) is 0 Å². The molecule has 0 bridgehead atoms. The third kappa shape index (κ3) is 3.79. The van der Waals surface area contributed by atoms with Gasteiger partial charge in [-0.3, -0.25) is 0 Å². The Labute approximate surface area is 151 Å². The molecule has 2 heterocycles. The second kappa shape index (κ2) is 7.28. The van der Waals surface area contributed by atoms with Crippen LogP contribution in [0.1, 0.15) is 9.75 Å². The third-order valence-corrected chi connectivity index (χ3v) is 6.97. The molecule has 3 rings (SSSR count). The summed E-state index contributed by atoms with van der Waals surface area (Å²) in [4.78, 5) is 0.630. The Balaban J connectivity index is 2.02. The zero-order valence-electron chi connectivity index (χ0n) is 12.7. The molecule has 0 amide bonds. The van der Waals surface area contributed by atoms with Gasteiger partial charge in [-0.15, -0.1) is 22.7 Å². The molecular weight excluding hydrogens is 391 g/mol. The molecule has 25 heavy (non-hydrogen) atoms. The predicted molar refractivity (Wildman–Crippen MR) is 91.4 cm³/mol. The normalized spacial score (nSPS) is 12.0. The number of sulfonamides is 1. The fourth-order valence-electron chi connectivity index (χ4n) is 2.23. The highest BCUT2D eigenvalue weighted by Crippen LogP contribution is 2.27. The SMILES string of the molecule is O=S(=O)(c1ccc(F)c(F)c1F)N(Cc1cccs1)Cc1cccs1. The Morgan fingerprint density at radius 1 is 0.840 bits per heavy atom. The van der Waals surface area contributed by atoms with Crippen molar-refractivity contribution in [1.82, 2.24) is 4.31 Å². The number of thiophene rings is 2. The molecule has 0 radical (unpaired) electrons. The first-order valence-corrected chi connectivity index (χ1v) is 10.3. The second-order valence-corrected chi connectivity index (χ2v) is 9.08. The van der Waals surface area contributed by atoms with Gasteiger partial charge in [-0.1, -0.05) is 12.1 Å². The molecule has 0 saturated carbocycles. The Kier molecular flexibility index (Phi) is 5.28. The van der Waals surface area contributed by atoms with Crippen LogP contribution >= 0.6 is 22.7 Å². The van der Waals surface area contributed by atoms with Crippen molar-refractivity contribution in [3.05, 3.63) is 74.4 Å². The lowest BCUT2D eigenvalue weighted by Crippen LogP contribution is -2.30. The standard InChI is InChI=1S/C16H12F3NO2S3/c17-13-5-6-14(16(19)15(13)18)25(21,22)20(9-11-3-1-7-23-11)10-12-4-2-8-24-12/h1-8H,9-10H2. The van der Waals surface area contributed by atoms with E-state index in [4.69, 9.17) is 0 Å². The van der Waals surface area contributed by atoms with E-state index < -0.39 is 32.4 Å². The van der Waals surface area contributed by atoms with E-state index in [2.05, 4.69) is 0 Å². The first kappa shape index (κ1) is 18.1. The Morgan fingerprint density at radius 3 is 1.88 bits per heavy atom. The van der Waals surface area contributed by atoms with Crippen LogP contribution in [0, 0.1) is 17.5 Å². The van der Waals surface area contributed by atoms with Crippen molar-refractivity contribution in [2.45, 2.75) is 18.0 Å². The van der Waals surface area contributed by atoms with Crippen molar-refractivity contribution < 1.29 is 21.6 Å². The average Bonchev–Trinajstić information content (AvgIpc) is 3.25. The molecule has 0 atom stereocenters. The smallest absolute Gasteiger partial charge is 0.207 e. The highest BCUT2D eigenvalue weighted by atomic mass is 32.2. The van der Waals surface area contributed by atoms with Gasteiger partial charge in [0.1, 0.15) is 4.90 Å². The Morgan fingerprint density at radius 2 is 1.40 bits per heavy atom. The number of hydrogen-bond donors (Lipinski definition) is 0. The van der Waals surface area contributed by atoms with Crippen LogP contribution in [0.25, 0.3) is 0 Å². The quantitative estimate of drug-likeness (QED) is 0.564. The first-order valence-electron chi connectivity index (χ1n) is 7.08. The predicted octanol–water partition coefficient (Wildman–Crippen LogP) is 4.62. The number of hydrogen-bond acceptors (Lipinski definition) is 4. The van der Waals surface area contributed by atoms with E-state index in [1.807, 2.05) is 0 Å². The summed E-state index contributed by atoms with van der Waals surface area (Å²) in [7, 11) is -4.36. The van der Waals surface area contributed by atoms with E-state index in [0.29, 0.717) is 6.07 Å². The maximum atomic E-state index is 14.1. The Hall–Kier alpha value is -1.68. The van der Waals surface area contributed by atoms with Crippen LogP contribution < -0.4 is 0 Å². The lowest BCUT2D eigenvalue weighted by Gasteiger charge is -2.21. The van der Waals surface area contributed by atoms with Gasteiger partial charge in [0.15, 0.2) is 17.5 Å². The molecular formula is C16H12F3NO2S3. The van der Waals surface area contributed by atoms with Crippen LogP contribution in [-0.2, 0) is 23.1 Å². The Bertz CT molecular complexity index is 919. The zero-order chi connectivity index (χ0) is 18.0. The molecule has 0 spiro atoms. The maximum absolute atomic E-state index is 14.1. The molecule has 2 aromatic heterocycles. The summed E-state index contributed by atoms with van der Waals surface area (Å²) in [6.45, 7) is 0.0205. The number of nitrogens with zero attached hydrogens (tertiary/aromatic N) is 1. The molecule has 3 aromatic rings. The number of benzene rings is 1. The van der Waals surface area contributed by atoms with Gasteiger partial charge in [0.2, 0.25) is 10.0 Å². The van der Waals surface area contributed by atoms with Crippen molar-refractivity contribution >= 4 is 32.7 Å². The fraction of sp³-hybridized carbons (Fsp3) is 0.125. The van der Waals surface area contributed by atoms with E-state index in [-0.39, 0.29) is 13.1 Å². The summed E-state index contributed by atoms with van der Waals surface area (Å²) < 4.78 is 67.5. The van der Waals surface area contributed by atoms with Crippen LogP contribution in [-0.4, -0.2) is 12.7 Å². The summed E-state index contributed by atoms with van der Waals surface area (Å²) in [5, 5.41) is 3.59. The van der Waals surface area contributed by atoms with Crippen molar-refractivity contribution in [3.8, 4) is 0 Å². The second-order valence-electron chi connectivity index (χ2n) is 5.11. The van der Waals surface area contributed by atoms with Gasteiger partial charge in [-0.05, 0) is 35.0 Å². The largest absolute Gasteiger partial charge is 0.246 e. The molecule has 0 aliphatic carbocycles. The van der Waals surface area contributed by atoms with Crippen LogP contribution in [0.4, 0.5) is 13.2 Å². The van der Waals surface area contributed by atoms with E-state index in [1.165, 1.54) is 22.7 Å². The molecule has 132 valence electrons. The molecule has 3 nitrogen and oxygen atoms in total. The van der Waals surface area contributed by atoms with Crippen LogP contribution in [0.2, 0.25) is 0 Å². The maximum Gasteiger partial charge on any atom is 0.246 e. The molecule has 0 saturated heterocycles. The number of rotatable bonds is 6. The molecule has 0 N–H and O–H groups in total. The van der Waals surface area contributed by atoms with Gasteiger partial charge < -0.3 is 0 Å². The summed E-state index contributed by atoms with van der Waals surface area (Å²) in [6, 6.07) is 8.41. The van der Waals surface area contributed by atoms with Crippen LogP contribution in [0.5, 0.6) is 0 Å². The first-order chi connectivity index (χ1) is 11.9. The number of halogens is 3. The van der Waals surface area contributed by atoms with Gasteiger partial charge in [-0.2, -0.15) is 4.31 Å². The molecule has 9 heteroatoms. The van der Waals surface area contributed by atoms with Crippen molar-refractivity contribution in [2.24, 2.45) is 0 Å². The molecule has 0 unspecified atom stereocenters. The summed E-state index contributed by atoms with van der Waals surface area (Å²) >= 11 is 2.71. The summed E-state index contributed by atoms with van der Waals surface area (Å²) in [6.07, 6.45) is 0. The van der Waals surface area contributed by atoms with Gasteiger partial charge in [0, 0.05) is 22.8 Å². The van der Waals surface area contributed by atoms with Crippen molar-refractivity contribution in [1.29, 1.82) is 0 Å². The fourth-order valence-corrected chi connectivity index (χ4v) is 5.28. The minimum Gasteiger partial charge on any atom is -0.207 e. The third-order valence-electron chi connectivity index (χ3n) is 3.44. The highest BCUT2D eigenvalue weighted by molar-refractivity contribution is 7.89. The van der Waals surface area contributed by atoms with Crippen LogP contribution in [0.15, 0.2) is 52.1 Å². The average molecular weight is 403 g/mol. The van der Waals surface area contributed by atoms with Crippen molar-refractivity contribution in [3.63, 3.8) is 0 Å². The molecule has 0 fully saturated rings. The van der Waals surface area contributed by atoms with Crippen molar-refractivity contribution in [2.75, 3.05) is 0 Å². The topological polar surface area (TPSA) is 37.4 Å². The molecule has 0 aliphatic heterocycles. The van der Waals surface area contributed by atoms with Gasteiger partial charge in [0.25, 0.3) is 0 Å². The monoisotopic (exact) mass is 403 g/mol. The summed E-state index contributed by atoms with van der Waals surface area (Å²) in [5.41, 5.74) is 0. The van der Waals surface area contributed by atoms with Gasteiger partial charge >= 0.3 is 0 Å². The van der Waals surface area contributed by atoms with E-state index in [1.54, 1.807) is 35.0 Å². The molecule has 0 aliphatic rings. The summed E-state index contributed by atoms with van der Waals surface area (Å²) in [5.74, 6) is -4.94. The lowest BCUT2D eigenvalue weighted by atomic mass is 10.3. The van der Waals surface area contributed by atoms with E-state index in [9.17, 15) is 21.6 Å². The highest BCUT2D eigenvalue weighted by Gasteiger charge is 2.30.